The fourth-order valence-corrected chi connectivity index (χ4v) is 3.61. The molecule has 0 amide bonds. The summed E-state index contributed by atoms with van der Waals surface area (Å²) < 4.78 is 53.5. The molecule has 3 aromatic rings. The maximum Gasteiger partial charge on any atom is 0.265 e. The minimum Gasteiger partial charge on any atom is -0.497 e. The van der Waals surface area contributed by atoms with Crippen molar-refractivity contribution < 1.29 is 22.3 Å². The molecule has 9 heteroatoms. The average Bonchev–Trinajstić information content (AvgIpc) is 3.15. The van der Waals surface area contributed by atoms with E-state index in [1.165, 1.54) is 49.4 Å². The summed E-state index contributed by atoms with van der Waals surface area (Å²) in [5.74, 6) is -0.121. The molecule has 0 unspecified atom stereocenters. The lowest BCUT2D eigenvalue weighted by atomic mass is 10.3. The molecule has 2 aromatic carbocycles. The van der Waals surface area contributed by atoms with Gasteiger partial charge in [0, 0.05) is 24.5 Å². The molecule has 0 fully saturated rings. The molecule has 1 N–H and O–H groups in total. The molecule has 0 saturated carbocycles. The SMILES string of the molecule is COc1ccc(OC)c(S(=O)(=O)Nc2ccc(-n3cccn3)c(F)c2)c1. The van der Waals surface area contributed by atoms with Gasteiger partial charge in [-0.3, -0.25) is 4.72 Å². The molecule has 26 heavy (non-hydrogen) atoms. The van der Waals surface area contributed by atoms with Crippen LogP contribution in [0.5, 0.6) is 11.5 Å². The van der Waals surface area contributed by atoms with Crippen LogP contribution in [-0.2, 0) is 10.0 Å². The minimum absolute atomic E-state index is 0.0725. The van der Waals surface area contributed by atoms with Crippen LogP contribution in [0, 0.1) is 5.82 Å². The number of sulfonamides is 1. The van der Waals surface area contributed by atoms with Crippen LogP contribution in [0.2, 0.25) is 0 Å². The molecule has 1 aromatic heterocycles. The molecule has 0 saturated heterocycles. The summed E-state index contributed by atoms with van der Waals surface area (Å²) in [5, 5.41) is 3.95. The predicted molar refractivity (Wildman–Crippen MR) is 93.9 cm³/mol. The number of nitrogens with zero attached hydrogens (tertiary/aromatic N) is 2. The first-order valence-corrected chi connectivity index (χ1v) is 8.97. The van der Waals surface area contributed by atoms with Gasteiger partial charge in [-0.15, -0.1) is 0 Å². The number of anilines is 1. The van der Waals surface area contributed by atoms with Crippen LogP contribution in [0.15, 0.2) is 59.8 Å². The zero-order valence-electron chi connectivity index (χ0n) is 14.0. The Morgan fingerprint density at radius 3 is 2.54 bits per heavy atom. The minimum atomic E-state index is -4.02. The largest absolute Gasteiger partial charge is 0.497 e. The Morgan fingerprint density at radius 2 is 1.92 bits per heavy atom. The number of hydrogen-bond acceptors (Lipinski definition) is 5. The van der Waals surface area contributed by atoms with E-state index in [0.717, 1.165) is 6.07 Å². The number of rotatable bonds is 6. The van der Waals surface area contributed by atoms with Crippen molar-refractivity contribution in [3.63, 3.8) is 0 Å². The van der Waals surface area contributed by atoms with Gasteiger partial charge < -0.3 is 9.47 Å². The number of halogens is 1. The van der Waals surface area contributed by atoms with Gasteiger partial charge in [0.2, 0.25) is 0 Å². The second-order valence-corrected chi connectivity index (χ2v) is 6.89. The zero-order chi connectivity index (χ0) is 18.7. The van der Waals surface area contributed by atoms with Crippen LogP contribution in [0.25, 0.3) is 5.69 Å². The van der Waals surface area contributed by atoms with Gasteiger partial charge in [0.05, 0.1) is 19.9 Å². The van der Waals surface area contributed by atoms with Crippen LogP contribution in [0.1, 0.15) is 0 Å². The number of nitrogens with one attached hydrogen (secondary N) is 1. The Bertz CT molecular complexity index is 1020. The van der Waals surface area contributed by atoms with Crippen LogP contribution in [0.3, 0.4) is 0 Å². The lowest BCUT2D eigenvalue weighted by Gasteiger charge is -2.13. The van der Waals surface area contributed by atoms with Gasteiger partial charge in [-0.2, -0.15) is 5.10 Å². The molecule has 0 aliphatic heterocycles. The Balaban J connectivity index is 1.94. The summed E-state index contributed by atoms with van der Waals surface area (Å²) in [7, 11) is -1.23. The van der Waals surface area contributed by atoms with Crippen molar-refractivity contribution in [3.05, 3.63) is 60.7 Å². The molecule has 1 heterocycles. The number of methoxy groups -OCH3 is 2. The molecule has 0 bridgehead atoms. The number of benzene rings is 2. The number of aromatic nitrogens is 2. The summed E-state index contributed by atoms with van der Waals surface area (Å²) >= 11 is 0. The van der Waals surface area contributed by atoms with E-state index in [4.69, 9.17) is 9.47 Å². The van der Waals surface area contributed by atoms with Crippen molar-refractivity contribution >= 4 is 15.7 Å². The molecule has 0 aliphatic carbocycles. The first-order chi connectivity index (χ1) is 12.4. The second kappa shape index (κ2) is 7.04. The molecular formula is C17H16FN3O4S. The number of ether oxygens (including phenoxy) is 2. The van der Waals surface area contributed by atoms with Crippen LogP contribution in [-0.4, -0.2) is 32.4 Å². The average molecular weight is 377 g/mol. The molecule has 7 nitrogen and oxygen atoms in total. The van der Waals surface area contributed by atoms with Crippen molar-refractivity contribution in [1.82, 2.24) is 9.78 Å². The third-order valence-corrected chi connectivity index (χ3v) is 5.01. The van der Waals surface area contributed by atoms with E-state index in [-0.39, 0.29) is 22.0 Å². The van der Waals surface area contributed by atoms with Crippen LogP contribution >= 0.6 is 0 Å². The van der Waals surface area contributed by atoms with Crippen molar-refractivity contribution in [2.45, 2.75) is 4.90 Å². The lowest BCUT2D eigenvalue weighted by molar-refractivity contribution is 0.392. The Hall–Kier alpha value is -3.07. The Kier molecular flexibility index (Phi) is 4.81. The monoisotopic (exact) mass is 377 g/mol. The van der Waals surface area contributed by atoms with Gasteiger partial charge in [0.15, 0.2) is 5.82 Å². The highest BCUT2D eigenvalue weighted by atomic mass is 32.2. The van der Waals surface area contributed by atoms with E-state index in [9.17, 15) is 12.8 Å². The van der Waals surface area contributed by atoms with E-state index in [0.29, 0.717) is 5.75 Å². The topological polar surface area (TPSA) is 82.5 Å². The van der Waals surface area contributed by atoms with Crippen molar-refractivity contribution in [2.75, 3.05) is 18.9 Å². The van der Waals surface area contributed by atoms with E-state index in [1.54, 1.807) is 18.3 Å². The van der Waals surface area contributed by atoms with E-state index in [1.807, 2.05) is 0 Å². The van der Waals surface area contributed by atoms with Crippen LogP contribution in [0.4, 0.5) is 10.1 Å². The Morgan fingerprint density at radius 1 is 1.12 bits per heavy atom. The summed E-state index contributed by atoms with van der Waals surface area (Å²) in [6, 6.07) is 10.0. The highest BCUT2D eigenvalue weighted by Crippen LogP contribution is 2.30. The normalized spacial score (nSPS) is 11.2. The quantitative estimate of drug-likeness (QED) is 0.714. The molecule has 0 spiro atoms. The third-order valence-electron chi connectivity index (χ3n) is 3.61. The van der Waals surface area contributed by atoms with Crippen molar-refractivity contribution in [2.24, 2.45) is 0 Å². The van der Waals surface area contributed by atoms with Crippen molar-refractivity contribution in [3.8, 4) is 17.2 Å². The van der Waals surface area contributed by atoms with Gasteiger partial charge in [0.1, 0.15) is 22.1 Å². The molecule has 0 aliphatic rings. The van der Waals surface area contributed by atoms with Gasteiger partial charge in [-0.05, 0) is 30.3 Å². The standard InChI is InChI=1S/C17H16FN3O4S/c1-24-13-5-7-16(25-2)17(11-13)26(22,23)20-12-4-6-15(14(18)10-12)21-9-3-8-19-21/h3-11,20H,1-2H3. The summed E-state index contributed by atoms with van der Waals surface area (Å²) in [6.45, 7) is 0. The van der Waals surface area contributed by atoms with Gasteiger partial charge >= 0.3 is 0 Å². The highest BCUT2D eigenvalue weighted by Gasteiger charge is 2.21. The summed E-state index contributed by atoms with van der Waals surface area (Å²) in [6.07, 6.45) is 3.11. The molecular weight excluding hydrogens is 361 g/mol. The summed E-state index contributed by atoms with van der Waals surface area (Å²) in [4.78, 5) is -0.115. The van der Waals surface area contributed by atoms with Crippen molar-refractivity contribution in [1.29, 1.82) is 0 Å². The Labute approximate surface area is 150 Å². The third kappa shape index (κ3) is 3.47. The zero-order valence-corrected chi connectivity index (χ0v) is 14.8. The predicted octanol–water partition coefficient (Wildman–Crippen LogP) is 2.83. The van der Waals surface area contributed by atoms with E-state index < -0.39 is 15.8 Å². The van der Waals surface area contributed by atoms with E-state index in [2.05, 4.69) is 9.82 Å². The van der Waals surface area contributed by atoms with Gasteiger partial charge in [-0.25, -0.2) is 17.5 Å². The van der Waals surface area contributed by atoms with Crippen LogP contribution < -0.4 is 14.2 Å². The molecule has 0 radical (unpaired) electrons. The van der Waals surface area contributed by atoms with E-state index >= 15 is 0 Å². The first-order valence-electron chi connectivity index (χ1n) is 7.49. The van der Waals surface area contributed by atoms with Gasteiger partial charge in [-0.1, -0.05) is 0 Å². The maximum atomic E-state index is 14.3. The second-order valence-electron chi connectivity index (χ2n) is 5.24. The number of hydrogen-bond donors (Lipinski definition) is 1. The molecule has 136 valence electrons. The van der Waals surface area contributed by atoms with Gasteiger partial charge in [0.25, 0.3) is 10.0 Å². The smallest absolute Gasteiger partial charge is 0.265 e. The molecule has 3 rings (SSSR count). The lowest BCUT2D eigenvalue weighted by Crippen LogP contribution is -2.14. The fraction of sp³-hybridized carbons (Fsp3) is 0.118. The fourth-order valence-electron chi connectivity index (χ4n) is 2.37. The maximum absolute atomic E-state index is 14.3. The first kappa shape index (κ1) is 17.7. The molecule has 0 atom stereocenters. The summed E-state index contributed by atoms with van der Waals surface area (Å²) in [5.41, 5.74) is 0.278. The highest BCUT2D eigenvalue weighted by molar-refractivity contribution is 7.92.